The van der Waals surface area contributed by atoms with E-state index in [2.05, 4.69) is 34.1 Å². The summed E-state index contributed by atoms with van der Waals surface area (Å²) in [5.74, 6) is 2.57. The summed E-state index contributed by atoms with van der Waals surface area (Å²) in [7, 11) is 0. The van der Waals surface area contributed by atoms with Gasteiger partial charge in [0, 0.05) is 39.3 Å². The van der Waals surface area contributed by atoms with Gasteiger partial charge in [-0.1, -0.05) is 84.9 Å². The fourth-order valence-electron chi connectivity index (χ4n) is 5.40. The lowest BCUT2D eigenvalue weighted by molar-refractivity contribution is 0.0305. The molecule has 264 valence electrons. The van der Waals surface area contributed by atoms with Crippen LogP contribution in [0.4, 0.5) is 0 Å². The first kappa shape index (κ1) is 37.7. The second-order valence-electron chi connectivity index (χ2n) is 11.7. The van der Waals surface area contributed by atoms with Crippen molar-refractivity contribution in [2.75, 3.05) is 65.8 Å². The summed E-state index contributed by atoms with van der Waals surface area (Å²) in [6, 6.07) is 35.4. The summed E-state index contributed by atoms with van der Waals surface area (Å²) < 4.78 is 29.3. The predicted octanol–water partition coefficient (Wildman–Crippen LogP) is 5.68. The number of ether oxygens (including phenoxy) is 5. The maximum atomic E-state index is 10.9. The van der Waals surface area contributed by atoms with E-state index in [0.717, 1.165) is 11.1 Å². The van der Waals surface area contributed by atoms with E-state index in [-0.39, 0.29) is 13.2 Å². The number of aliphatic hydroxyl groups excluding tert-OH is 2. The Morgan fingerprint density at radius 1 is 0.490 bits per heavy atom. The third-order valence-corrected chi connectivity index (χ3v) is 7.70. The van der Waals surface area contributed by atoms with Crippen molar-refractivity contribution in [1.29, 1.82) is 0 Å². The van der Waals surface area contributed by atoms with E-state index in [4.69, 9.17) is 23.7 Å². The minimum absolute atomic E-state index is 0.147. The summed E-state index contributed by atoms with van der Waals surface area (Å²) in [5.41, 5.74) is 2.32. The fourth-order valence-corrected chi connectivity index (χ4v) is 5.40. The van der Waals surface area contributed by atoms with Crippen molar-refractivity contribution >= 4 is 0 Å². The molecule has 0 saturated heterocycles. The maximum Gasteiger partial charge on any atom is 0.161 e. The number of hydrogen-bond acceptors (Lipinski definition) is 9. The van der Waals surface area contributed by atoms with E-state index in [9.17, 15) is 10.2 Å². The van der Waals surface area contributed by atoms with Gasteiger partial charge in [-0.2, -0.15) is 0 Å². The Labute approximate surface area is 291 Å². The molecule has 0 aliphatic rings. The van der Waals surface area contributed by atoms with E-state index in [1.807, 2.05) is 98.8 Å². The number of benzene rings is 4. The van der Waals surface area contributed by atoms with Gasteiger partial charge in [0.05, 0.1) is 26.4 Å². The van der Waals surface area contributed by atoms with Crippen molar-refractivity contribution in [2.45, 2.75) is 39.1 Å². The molecule has 9 nitrogen and oxygen atoms in total. The van der Waals surface area contributed by atoms with Crippen LogP contribution in [0, 0.1) is 0 Å². The standard InChI is InChI=1S/C40H52N2O7/c1-3-46-37-19-11-13-21-39(37)48-31-35(43)29-41(27-33-15-7-5-8-16-33)23-25-45-26-24-42(28-34-17-9-6-10-18-34)30-36(44)32-49-40-22-14-12-20-38(40)47-4-2/h5-22,35-36,43-44H,3-4,23-32H2,1-2H3. The van der Waals surface area contributed by atoms with Gasteiger partial charge in [0.25, 0.3) is 0 Å². The summed E-state index contributed by atoms with van der Waals surface area (Å²) in [4.78, 5) is 4.36. The molecule has 49 heavy (non-hydrogen) atoms. The molecule has 4 rings (SSSR count). The molecule has 0 spiro atoms. The van der Waals surface area contributed by atoms with Crippen LogP contribution in [0.1, 0.15) is 25.0 Å². The largest absolute Gasteiger partial charge is 0.490 e. The van der Waals surface area contributed by atoms with Gasteiger partial charge in [0.2, 0.25) is 0 Å². The molecule has 2 N–H and O–H groups in total. The molecule has 2 unspecified atom stereocenters. The zero-order valence-corrected chi connectivity index (χ0v) is 28.9. The Kier molecular flexibility index (Phi) is 16.7. The van der Waals surface area contributed by atoms with Gasteiger partial charge in [0.1, 0.15) is 25.4 Å². The van der Waals surface area contributed by atoms with E-state index < -0.39 is 12.2 Å². The molecule has 0 aliphatic heterocycles. The van der Waals surface area contributed by atoms with Crippen LogP contribution < -0.4 is 18.9 Å². The van der Waals surface area contributed by atoms with Crippen LogP contribution in [0.15, 0.2) is 109 Å². The van der Waals surface area contributed by atoms with Crippen molar-refractivity contribution in [3.8, 4) is 23.0 Å². The number of para-hydroxylation sites is 4. The maximum absolute atomic E-state index is 10.9. The summed E-state index contributed by atoms with van der Waals surface area (Å²) >= 11 is 0. The molecule has 0 heterocycles. The van der Waals surface area contributed by atoms with Gasteiger partial charge in [-0.3, -0.25) is 9.80 Å². The highest BCUT2D eigenvalue weighted by Crippen LogP contribution is 2.27. The van der Waals surface area contributed by atoms with Crippen LogP contribution in [0.25, 0.3) is 0 Å². The molecule has 0 aliphatic carbocycles. The Morgan fingerprint density at radius 3 is 1.20 bits per heavy atom. The van der Waals surface area contributed by atoms with Crippen molar-refractivity contribution < 1.29 is 33.9 Å². The first-order chi connectivity index (χ1) is 24.0. The highest BCUT2D eigenvalue weighted by atomic mass is 16.5. The van der Waals surface area contributed by atoms with Gasteiger partial charge < -0.3 is 33.9 Å². The first-order valence-electron chi connectivity index (χ1n) is 17.2. The lowest BCUT2D eigenvalue weighted by Crippen LogP contribution is -2.38. The number of rotatable bonds is 24. The van der Waals surface area contributed by atoms with Crippen LogP contribution in [0.5, 0.6) is 23.0 Å². The zero-order valence-electron chi connectivity index (χ0n) is 28.9. The minimum Gasteiger partial charge on any atom is -0.490 e. The molecule has 2 atom stereocenters. The van der Waals surface area contributed by atoms with Crippen LogP contribution >= 0.6 is 0 Å². The monoisotopic (exact) mass is 672 g/mol. The number of hydrogen-bond donors (Lipinski definition) is 2. The smallest absolute Gasteiger partial charge is 0.161 e. The molecular formula is C40H52N2O7. The topological polar surface area (TPSA) is 93.1 Å². The van der Waals surface area contributed by atoms with Crippen molar-refractivity contribution in [3.05, 3.63) is 120 Å². The van der Waals surface area contributed by atoms with Crippen LogP contribution in [0.3, 0.4) is 0 Å². The quantitative estimate of drug-likeness (QED) is 0.0912. The van der Waals surface area contributed by atoms with Crippen molar-refractivity contribution in [3.63, 3.8) is 0 Å². The van der Waals surface area contributed by atoms with Crippen LogP contribution in [-0.4, -0.2) is 98.0 Å². The molecule has 0 fully saturated rings. The van der Waals surface area contributed by atoms with E-state index >= 15 is 0 Å². The van der Waals surface area contributed by atoms with E-state index in [1.165, 1.54) is 0 Å². The first-order valence-corrected chi connectivity index (χ1v) is 17.2. The fraction of sp³-hybridized carbons (Fsp3) is 0.400. The van der Waals surface area contributed by atoms with Gasteiger partial charge in [-0.15, -0.1) is 0 Å². The average Bonchev–Trinajstić information content (AvgIpc) is 3.12. The number of aliphatic hydroxyl groups is 2. The Balaban J connectivity index is 1.28. The normalized spacial score (nSPS) is 12.5. The van der Waals surface area contributed by atoms with Crippen LogP contribution in [-0.2, 0) is 17.8 Å². The van der Waals surface area contributed by atoms with Gasteiger partial charge >= 0.3 is 0 Å². The molecule has 4 aromatic rings. The Hall–Kier alpha value is -4.12. The minimum atomic E-state index is -0.705. The molecule has 0 aromatic heterocycles. The average molecular weight is 673 g/mol. The molecule has 4 aromatic carbocycles. The SMILES string of the molecule is CCOc1ccccc1OCC(O)CN(CCOCCN(Cc1ccccc1)CC(O)COc1ccccc1OCC)Cc1ccccc1. The second-order valence-corrected chi connectivity index (χ2v) is 11.7. The highest BCUT2D eigenvalue weighted by Gasteiger charge is 2.17. The summed E-state index contributed by atoms with van der Waals surface area (Å²) in [5, 5.41) is 21.9. The Morgan fingerprint density at radius 2 is 0.837 bits per heavy atom. The third kappa shape index (κ3) is 14.1. The van der Waals surface area contributed by atoms with Crippen molar-refractivity contribution in [2.24, 2.45) is 0 Å². The third-order valence-electron chi connectivity index (χ3n) is 7.70. The molecule has 0 bridgehead atoms. The van der Waals surface area contributed by atoms with Gasteiger partial charge in [0.15, 0.2) is 23.0 Å². The lowest BCUT2D eigenvalue weighted by Gasteiger charge is -2.27. The molecular weight excluding hydrogens is 620 g/mol. The predicted molar refractivity (Wildman–Crippen MR) is 192 cm³/mol. The highest BCUT2D eigenvalue weighted by molar-refractivity contribution is 5.40. The van der Waals surface area contributed by atoms with Crippen LogP contribution in [0.2, 0.25) is 0 Å². The zero-order chi connectivity index (χ0) is 34.5. The van der Waals surface area contributed by atoms with Gasteiger partial charge in [-0.25, -0.2) is 0 Å². The number of nitrogens with zero attached hydrogens (tertiary/aromatic N) is 2. The van der Waals surface area contributed by atoms with E-state index in [1.54, 1.807) is 0 Å². The molecule has 0 amide bonds. The van der Waals surface area contributed by atoms with Crippen molar-refractivity contribution in [1.82, 2.24) is 9.80 Å². The summed E-state index contributed by atoms with van der Waals surface area (Å²) in [6.07, 6.45) is -1.41. The summed E-state index contributed by atoms with van der Waals surface area (Å²) in [6.45, 7) is 9.69. The molecule has 9 heteroatoms. The molecule has 0 saturated carbocycles. The molecule has 0 radical (unpaired) electrons. The lowest BCUT2D eigenvalue weighted by atomic mass is 10.2. The Bertz CT molecular complexity index is 1330. The van der Waals surface area contributed by atoms with Gasteiger partial charge in [-0.05, 0) is 49.2 Å². The van der Waals surface area contributed by atoms with E-state index in [0.29, 0.717) is 88.7 Å². The second kappa shape index (κ2) is 21.8.